The Kier molecular flexibility index (Phi) is 4.55. The van der Waals surface area contributed by atoms with Crippen LogP contribution in [-0.4, -0.2) is 35.6 Å². The molecule has 0 unspecified atom stereocenters. The summed E-state index contributed by atoms with van der Waals surface area (Å²) in [5, 5.41) is 8.21. The van der Waals surface area contributed by atoms with Crippen LogP contribution in [0.2, 0.25) is 0 Å². The summed E-state index contributed by atoms with van der Waals surface area (Å²) in [6.45, 7) is 3.25. The van der Waals surface area contributed by atoms with Crippen molar-refractivity contribution in [2.24, 2.45) is 5.14 Å². The van der Waals surface area contributed by atoms with Gasteiger partial charge in [-0.1, -0.05) is 0 Å². The van der Waals surface area contributed by atoms with Gasteiger partial charge in [0.2, 0.25) is 10.0 Å². The van der Waals surface area contributed by atoms with Crippen molar-refractivity contribution < 1.29 is 8.42 Å². The molecule has 1 aromatic carbocycles. The van der Waals surface area contributed by atoms with Crippen LogP contribution in [0, 0.1) is 6.92 Å². The predicted octanol–water partition coefficient (Wildman–Crippen LogP) is -0.120. The van der Waals surface area contributed by atoms with Crippen molar-refractivity contribution in [3.05, 3.63) is 17.7 Å². The molecule has 0 amide bonds. The van der Waals surface area contributed by atoms with E-state index in [2.05, 4.69) is 5.32 Å². The first-order valence-electron chi connectivity index (χ1n) is 5.56. The third-order valence-corrected chi connectivity index (χ3v) is 3.81. The van der Waals surface area contributed by atoms with Gasteiger partial charge >= 0.3 is 0 Å². The maximum absolute atomic E-state index is 11.5. The molecule has 0 spiro atoms. The van der Waals surface area contributed by atoms with E-state index in [0.29, 0.717) is 11.3 Å². The summed E-state index contributed by atoms with van der Waals surface area (Å²) < 4.78 is 23.0. The summed E-state index contributed by atoms with van der Waals surface area (Å²) in [6, 6.07) is 3.14. The van der Waals surface area contributed by atoms with E-state index in [1.165, 1.54) is 6.07 Å². The number of benzene rings is 1. The highest BCUT2D eigenvalue weighted by atomic mass is 32.2. The van der Waals surface area contributed by atoms with Gasteiger partial charge in [-0.25, -0.2) is 13.6 Å². The molecule has 0 radical (unpaired) electrons. The van der Waals surface area contributed by atoms with Gasteiger partial charge in [0.15, 0.2) is 0 Å². The Bertz CT molecular complexity index is 528. The monoisotopic (exact) mass is 272 g/mol. The Morgan fingerprint density at radius 3 is 2.50 bits per heavy atom. The van der Waals surface area contributed by atoms with Crippen molar-refractivity contribution in [1.82, 2.24) is 5.32 Å². The summed E-state index contributed by atoms with van der Waals surface area (Å²) in [6.07, 6.45) is 0. The molecule has 18 heavy (non-hydrogen) atoms. The normalized spacial score (nSPS) is 11.6. The second-order valence-electron chi connectivity index (χ2n) is 4.23. The molecule has 7 heteroatoms. The lowest BCUT2D eigenvalue weighted by atomic mass is 10.1. The number of hydrogen-bond donors (Lipinski definition) is 3. The number of sulfonamides is 1. The number of nitrogens with two attached hydrogens (primary N) is 2. The average molecular weight is 272 g/mol. The number of likely N-dealkylation sites (N-methyl/N-ethyl adjacent to an activating group) is 2. The van der Waals surface area contributed by atoms with Crippen LogP contribution in [0.25, 0.3) is 0 Å². The second kappa shape index (κ2) is 5.55. The first kappa shape index (κ1) is 14.7. The molecule has 5 N–H and O–H groups in total. The topological polar surface area (TPSA) is 101 Å². The lowest BCUT2D eigenvalue weighted by molar-refractivity contribution is 0.597. The lowest BCUT2D eigenvalue weighted by Crippen LogP contribution is -2.28. The Morgan fingerprint density at radius 2 is 2.00 bits per heavy atom. The molecule has 0 saturated heterocycles. The highest BCUT2D eigenvalue weighted by molar-refractivity contribution is 7.89. The van der Waals surface area contributed by atoms with Crippen LogP contribution in [0.5, 0.6) is 0 Å². The first-order chi connectivity index (χ1) is 8.27. The van der Waals surface area contributed by atoms with Crippen molar-refractivity contribution >= 4 is 21.4 Å². The standard InChI is InChI=1S/C11H20N4O2S/c1-8-10(15(3)5-4-14-2)6-9(12)7-11(8)18(13,16)17/h6-7,14H,4-5,12H2,1-3H3,(H2,13,16,17). The zero-order chi connectivity index (χ0) is 13.9. The smallest absolute Gasteiger partial charge is 0.238 e. The molecule has 0 aliphatic carbocycles. The van der Waals surface area contributed by atoms with Gasteiger partial charge in [0.1, 0.15) is 0 Å². The Morgan fingerprint density at radius 1 is 1.39 bits per heavy atom. The van der Waals surface area contributed by atoms with Crippen molar-refractivity contribution in [2.45, 2.75) is 11.8 Å². The highest BCUT2D eigenvalue weighted by Gasteiger charge is 2.17. The van der Waals surface area contributed by atoms with Crippen LogP contribution in [0.1, 0.15) is 5.56 Å². The lowest BCUT2D eigenvalue weighted by Gasteiger charge is -2.23. The summed E-state index contributed by atoms with van der Waals surface area (Å²) in [5.41, 5.74) is 7.50. The summed E-state index contributed by atoms with van der Waals surface area (Å²) >= 11 is 0. The largest absolute Gasteiger partial charge is 0.399 e. The van der Waals surface area contributed by atoms with E-state index in [1.54, 1.807) is 13.0 Å². The third kappa shape index (κ3) is 3.34. The minimum atomic E-state index is -3.75. The second-order valence-corrected chi connectivity index (χ2v) is 5.76. The van der Waals surface area contributed by atoms with Crippen LogP contribution in [0.15, 0.2) is 17.0 Å². The number of anilines is 2. The van der Waals surface area contributed by atoms with Gasteiger partial charge in [-0.05, 0) is 31.7 Å². The van der Waals surface area contributed by atoms with Crippen LogP contribution in [0.4, 0.5) is 11.4 Å². The number of nitrogen functional groups attached to an aromatic ring is 1. The van der Waals surface area contributed by atoms with Crippen LogP contribution in [0.3, 0.4) is 0 Å². The molecule has 102 valence electrons. The Labute approximate surface area is 108 Å². The first-order valence-corrected chi connectivity index (χ1v) is 7.10. The van der Waals surface area contributed by atoms with Gasteiger partial charge in [0, 0.05) is 31.5 Å². The van der Waals surface area contributed by atoms with E-state index in [4.69, 9.17) is 10.9 Å². The number of nitrogens with one attached hydrogen (secondary N) is 1. The molecule has 0 aliphatic heterocycles. The van der Waals surface area contributed by atoms with E-state index in [-0.39, 0.29) is 4.90 Å². The number of rotatable bonds is 5. The van der Waals surface area contributed by atoms with Crippen molar-refractivity contribution in [1.29, 1.82) is 0 Å². The fraction of sp³-hybridized carbons (Fsp3) is 0.455. The van der Waals surface area contributed by atoms with Crippen LogP contribution >= 0.6 is 0 Å². The molecule has 1 rings (SSSR count). The third-order valence-electron chi connectivity index (χ3n) is 2.77. The van der Waals surface area contributed by atoms with Gasteiger partial charge in [-0.2, -0.15) is 0 Å². The molecule has 0 saturated carbocycles. The fourth-order valence-electron chi connectivity index (χ4n) is 1.79. The molecule has 0 heterocycles. The van der Waals surface area contributed by atoms with Gasteiger partial charge in [0.05, 0.1) is 4.90 Å². The predicted molar refractivity (Wildman–Crippen MR) is 74.2 cm³/mol. The summed E-state index contributed by atoms with van der Waals surface area (Å²) in [5.74, 6) is 0. The molecule has 0 aliphatic rings. The highest BCUT2D eigenvalue weighted by Crippen LogP contribution is 2.28. The number of nitrogens with zero attached hydrogens (tertiary/aromatic N) is 1. The fourth-order valence-corrected chi connectivity index (χ4v) is 2.62. The molecule has 6 nitrogen and oxygen atoms in total. The number of hydrogen-bond acceptors (Lipinski definition) is 5. The average Bonchev–Trinajstić information content (AvgIpc) is 2.27. The Hall–Kier alpha value is -1.31. The minimum Gasteiger partial charge on any atom is -0.399 e. The molecule has 0 bridgehead atoms. The van der Waals surface area contributed by atoms with Gasteiger partial charge in [0.25, 0.3) is 0 Å². The Balaban J connectivity index is 3.25. The summed E-state index contributed by atoms with van der Waals surface area (Å²) in [7, 11) is -0.0169. The van der Waals surface area contributed by atoms with Crippen LogP contribution in [-0.2, 0) is 10.0 Å². The van der Waals surface area contributed by atoms with Crippen LogP contribution < -0.4 is 21.1 Å². The van der Waals surface area contributed by atoms with E-state index in [9.17, 15) is 8.42 Å². The summed E-state index contributed by atoms with van der Waals surface area (Å²) in [4.78, 5) is 2.02. The van der Waals surface area contributed by atoms with Crippen molar-refractivity contribution in [3.63, 3.8) is 0 Å². The minimum absolute atomic E-state index is 0.0776. The maximum Gasteiger partial charge on any atom is 0.238 e. The van der Waals surface area contributed by atoms with E-state index >= 15 is 0 Å². The van der Waals surface area contributed by atoms with Crippen molar-refractivity contribution in [2.75, 3.05) is 37.8 Å². The van der Waals surface area contributed by atoms with E-state index in [1.807, 2.05) is 19.0 Å². The molecule has 0 fully saturated rings. The van der Waals surface area contributed by atoms with Gasteiger partial charge in [-0.3, -0.25) is 0 Å². The zero-order valence-electron chi connectivity index (χ0n) is 10.9. The molecule has 1 aromatic rings. The SMILES string of the molecule is CNCCN(C)c1cc(N)cc(S(N)(=O)=O)c1C. The van der Waals surface area contributed by atoms with E-state index < -0.39 is 10.0 Å². The zero-order valence-corrected chi connectivity index (χ0v) is 11.7. The molecular formula is C11H20N4O2S. The quantitative estimate of drug-likeness (QED) is 0.649. The maximum atomic E-state index is 11.5. The van der Waals surface area contributed by atoms with Gasteiger partial charge in [-0.15, -0.1) is 0 Å². The molecular weight excluding hydrogens is 252 g/mol. The van der Waals surface area contributed by atoms with Crippen molar-refractivity contribution in [3.8, 4) is 0 Å². The molecule has 0 aromatic heterocycles. The molecule has 0 atom stereocenters. The van der Waals surface area contributed by atoms with E-state index in [0.717, 1.165) is 18.8 Å². The van der Waals surface area contributed by atoms with Gasteiger partial charge < -0.3 is 16.0 Å². The number of primary sulfonamides is 1.